The summed E-state index contributed by atoms with van der Waals surface area (Å²) in [6.45, 7) is 3.91. The number of carbonyl (C=O) groups is 1. The van der Waals surface area contributed by atoms with Crippen LogP contribution < -0.4 is 10.5 Å². The van der Waals surface area contributed by atoms with Crippen molar-refractivity contribution >= 4 is 32.6 Å². The Bertz CT molecular complexity index is 1050. The predicted molar refractivity (Wildman–Crippen MR) is 93.6 cm³/mol. The van der Waals surface area contributed by atoms with Gasteiger partial charge in [-0.1, -0.05) is 11.2 Å². The molecule has 25 heavy (non-hydrogen) atoms. The first kappa shape index (κ1) is 17.1. The van der Waals surface area contributed by atoms with Gasteiger partial charge in [0.05, 0.1) is 11.3 Å². The molecular formula is C17H17N3O4S. The molecule has 1 aromatic heterocycles. The highest BCUT2D eigenvalue weighted by atomic mass is 32.2. The molecule has 3 rings (SSSR count). The zero-order valence-corrected chi connectivity index (χ0v) is 14.6. The Morgan fingerprint density at radius 3 is 2.52 bits per heavy atom. The van der Waals surface area contributed by atoms with Crippen LogP contribution in [0.25, 0.3) is 11.0 Å². The average Bonchev–Trinajstić information content (AvgIpc) is 2.89. The fourth-order valence-electron chi connectivity index (χ4n) is 2.73. The van der Waals surface area contributed by atoms with Gasteiger partial charge in [-0.05, 0) is 55.3 Å². The minimum Gasteiger partial charge on any atom is -0.356 e. The van der Waals surface area contributed by atoms with Crippen LogP contribution in [0.2, 0.25) is 0 Å². The van der Waals surface area contributed by atoms with Gasteiger partial charge in [-0.25, -0.2) is 13.6 Å². The topological polar surface area (TPSA) is 115 Å². The average molecular weight is 359 g/mol. The Hall–Kier alpha value is -2.71. The molecule has 0 aliphatic rings. The summed E-state index contributed by atoms with van der Waals surface area (Å²) in [4.78, 5) is 12.2. The van der Waals surface area contributed by atoms with E-state index in [1.54, 1.807) is 0 Å². The molecule has 0 saturated carbocycles. The van der Waals surface area contributed by atoms with E-state index < -0.39 is 10.0 Å². The Balaban J connectivity index is 1.77. The van der Waals surface area contributed by atoms with E-state index >= 15 is 0 Å². The molecule has 0 atom stereocenters. The van der Waals surface area contributed by atoms with Gasteiger partial charge >= 0.3 is 0 Å². The van der Waals surface area contributed by atoms with E-state index in [-0.39, 0.29) is 17.2 Å². The molecule has 2 aromatic carbocycles. The summed E-state index contributed by atoms with van der Waals surface area (Å²) < 4.78 is 27.8. The number of amides is 1. The number of anilines is 1. The van der Waals surface area contributed by atoms with Gasteiger partial charge in [-0.3, -0.25) is 4.79 Å². The lowest BCUT2D eigenvalue weighted by Gasteiger charge is -2.05. The standard InChI is InChI=1S/C17H17N3O4S/c1-10-7-11(2)17-14(20-24-15(17)8-10)9-16(21)19-12-3-5-13(6-4-12)25(18,22)23/h3-8H,9H2,1-2H3,(H,19,21)(H2,18,22,23). The fraction of sp³-hybridized carbons (Fsp3) is 0.176. The van der Waals surface area contributed by atoms with E-state index in [0.29, 0.717) is 17.0 Å². The van der Waals surface area contributed by atoms with Crippen molar-refractivity contribution in [3.8, 4) is 0 Å². The van der Waals surface area contributed by atoms with E-state index in [1.807, 2.05) is 26.0 Å². The number of aromatic nitrogens is 1. The summed E-state index contributed by atoms with van der Waals surface area (Å²) in [7, 11) is -3.76. The molecule has 1 amide bonds. The number of primary sulfonamides is 1. The number of nitrogens with one attached hydrogen (secondary N) is 1. The lowest BCUT2D eigenvalue weighted by Crippen LogP contribution is -2.15. The number of benzene rings is 2. The third kappa shape index (κ3) is 3.70. The van der Waals surface area contributed by atoms with E-state index in [4.69, 9.17) is 9.66 Å². The van der Waals surface area contributed by atoms with Crippen LogP contribution in [-0.2, 0) is 21.2 Å². The van der Waals surface area contributed by atoms with Gasteiger partial charge in [0.2, 0.25) is 15.9 Å². The first-order valence-electron chi connectivity index (χ1n) is 7.52. The van der Waals surface area contributed by atoms with Crippen molar-refractivity contribution in [1.29, 1.82) is 0 Å². The van der Waals surface area contributed by atoms with Crippen molar-refractivity contribution in [3.63, 3.8) is 0 Å². The van der Waals surface area contributed by atoms with Crippen LogP contribution in [0.3, 0.4) is 0 Å². The summed E-state index contributed by atoms with van der Waals surface area (Å²) in [6, 6.07) is 9.52. The van der Waals surface area contributed by atoms with Crippen LogP contribution in [0.4, 0.5) is 5.69 Å². The molecule has 0 spiro atoms. The van der Waals surface area contributed by atoms with Gasteiger partial charge in [-0.15, -0.1) is 0 Å². The number of fused-ring (bicyclic) bond motifs is 1. The summed E-state index contributed by atoms with van der Waals surface area (Å²) in [5.74, 6) is -0.279. The highest BCUT2D eigenvalue weighted by Gasteiger charge is 2.15. The molecule has 8 heteroatoms. The van der Waals surface area contributed by atoms with Gasteiger partial charge < -0.3 is 9.84 Å². The van der Waals surface area contributed by atoms with Crippen molar-refractivity contribution in [2.24, 2.45) is 5.14 Å². The summed E-state index contributed by atoms with van der Waals surface area (Å²) in [6.07, 6.45) is 0.0494. The van der Waals surface area contributed by atoms with Crippen molar-refractivity contribution in [1.82, 2.24) is 5.16 Å². The van der Waals surface area contributed by atoms with Gasteiger partial charge in [0.1, 0.15) is 5.69 Å². The molecule has 3 N–H and O–H groups in total. The largest absolute Gasteiger partial charge is 0.356 e. The molecule has 3 aromatic rings. The van der Waals surface area contributed by atoms with E-state index in [2.05, 4.69) is 10.5 Å². The van der Waals surface area contributed by atoms with Crippen molar-refractivity contribution < 1.29 is 17.7 Å². The zero-order valence-electron chi connectivity index (χ0n) is 13.7. The van der Waals surface area contributed by atoms with E-state index in [1.165, 1.54) is 24.3 Å². The van der Waals surface area contributed by atoms with Gasteiger partial charge in [-0.2, -0.15) is 0 Å². The Morgan fingerprint density at radius 2 is 1.88 bits per heavy atom. The number of hydrogen-bond acceptors (Lipinski definition) is 5. The first-order valence-corrected chi connectivity index (χ1v) is 9.07. The smallest absolute Gasteiger partial charge is 0.238 e. The third-order valence-corrected chi connectivity index (χ3v) is 4.71. The maximum absolute atomic E-state index is 12.2. The number of nitrogens with two attached hydrogens (primary N) is 1. The molecule has 130 valence electrons. The summed E-state index contributed by atoms with van der Waals surface area (Å²) >= 11 is 0. The molecule has 0 fully saturated rings. The second kappa shape index (κ2) is 6.30. The number of hydrogen-bond donors (Lipinski definition) is 2. The lowest BCUT2D eigenvalue weighted by molar-refractivity contribution is -0.115. The second-order valence-corrected chi connectivity index (χ2v) is 7.44. The molecule has 0 unspecified atom stereocenters. The zero-order chi connectivity index (χ0) is 18.2. The minimum absolute atomic E-state index is 0.0148. The number of aryl methyl sites for hydroxylation is 2. The summed E-state index contributed by atoms with van der Waals surface area (Å²) in [5, 5.41) is 12.6. The molecule has 0 aliphatic carbocycles. The monoisotopic (exact) mass is 359 g/mol. The van der Waals surface area contributed by atoms with Crippen LogP contribution >= 0.6 is 0 Å². The maximum atomic E-state index is 12.2. The minimum atomic E-state index is -3.76. The van der Waals surface area contributed by atoms with Gasteiger partial charge in [0.15, 0.2) is 5.58 Å². The Labute approximate surface area is 144 Å². The van der Waals surface area contributed by atoms with Crippen LogP contribution in [0.15, 0.2) is 45.8 Å². The number of carbonyl (C=O) groups excluding carboxylic acids is 1. The Kier molecular flexibility index (Phi) is 4.32. The van der Waals surface area contributed by atoms with E-state index in [9.17, 15) is 13.2 Å². The highest BCUT2D eigenvalue weighted by molar-refractivity contribution is 7.89. The quantitative estimate of drug-likeness (QED) is 0.741. The number of sulfonamides is 1. The third-order valence-electron chi connectivity index (χ3n) is 3.78. The SMILES string of the molecule is Cc1cc(C)c2c(CC(=O)Nc3ccc(S(N)(=O)=O)cc3)noc2c1. The molecule has 0 saturated heterocycles. The van der Waals surface area contributed by atoms with Gasteiger partial charge in [0, 0.05) is 11.1 Å². The second-order valence-electron chi connectivity index (χ2n) is 5.88. The van der Waals surface area contributed by atoms with Crippen molar-refractivity contribution in [2.45, 2.75) is 25.2 Å². The highest BCUT2D eigenvalue weighted by Crippen LogP contribution is 2.24. The van der Waals surface area contributed by atoms with Crippen molar-refractivity contribution in [2.75, 3.05) is 5.32 Å². The Morgan fingerprint density at radius 1 is 1.20 bits per heavy atom. The van der Waals surface area contributed by atoms with Gasteiger partial charge in [0.25, 0.3) is 0 Å². The molecule has 0 aliphatic heterocycles. The number of rotatable bonds is 4. The van der Waals surface area contributed by atoms with Crippen molar-refractivity contribution in [3.05, 3.63) is 53.2 Å². The summed E-state index contributed by atoms with van der Waals surface area (Å²) in [5.41, 5.74) is 3.74. The van der Waals surface area contributed by atoms with Crippen LogP contribution in [0.5, 0.6) is 0 Å². The molecule has 7 nitrogen and oxygen atoms in total. The van der Waals surface area contributed by atoms with Crippen LogP contribution in [-0.4, -0.2) is 19.5 Å². The van der Waals surface area contributed by atoms with Crippen LogP contribution in [0.1, 0.15) is 16.8 Å². The van der Waals surface area contributed by atoms with Crippen LogP contribution in [0, 0.1) is 13.8 Å². The molecule has 1 heterocycles. The molecular weight excluding hydrogens is 342 g/mol. The fourth-order valence-corrected chi connectivity index (χ4v) is 3.24. The first-order chi connectivity index (χ1) is 11.7. The maximum Gasteiger partial charge on any atom is 0.238 e. The molecule has 0 radical (unpaired) electrons. The predicted octanol–water partition coefficient (Wildman–Crippen LogP) is 2.27. The number of nitrogens with zero attached hydrogens (tertiary/aromatic N) is 1. The van der Waals surface area contributed by atoms with E-state index in [0.717, 1.165) is 16.5 Å². The lowest BCUT2D eigenvalue weighted by atomic mass is 10.0. The molecule has 0 bridgehead atoms. The normalized spacial score (nSPS) is 11.6.